The molecule has 0 spiro atoms. The fraction of sp³-hybridized carbons (Fsp3) is 0.500. The molecule has 0 amide bonds. The molecular formula is C12H19NO3S2. The highest BCUT2D eigenvalue weighted by Gasteiger charge is 2.28. The Balaban J connectivity index is 3.10. The maximum atomic E-state index is 12.4. The fourth-order valence-corrected chi connectivity index (χ4v) is 4.15. The number of hydrogen-bond acceptors (Lipinski definition) is 4. The first-order valence-electron chi connectivity index (χ1n) is 5.70. The van der Waals surface area contributed by atoms with Gasteiger partial charge in [0, 0.05) is 18.8 Å². The highest BCUT2D eigenvalue weighted by atomic mass is 32.2. The minimum absolute atomic E-state index is 0.0351. The molecule has 4 nitrogen and oxygen atoms in total. The molecule has 0 aliphatic heterocycles. The van der Waals surface area contributed by atoms with Gasteiger partial charge in [-0.25, -0.2) is 8.42 Å². The second kappa shape index (κ2) is 6.45. The van der Waals surface area contributed by atoms with Crippen molar-refractivity contribution in [2.45, 2.75) is 24.3 Å². The zero-order chi connectivity index (χ0) is 13.8. The van der Waals surface area contributed by atoms with E-state index in [9.17, 15) is 13.5 Å². The molecule has 0 saturated carbocycles. The normalized spacial score (nSPS) is 13.8. The minimum atomic E-state index is -3.63. The van der Waals surface area contributed by atoms with E-state index in [0.717, 1.165) is 12.2 Å². The van der Waals surface area contributed by atoms with Gasteiger partial charge in [0.05, 0.1) is 0 Å². The number of aromatic hydroxyl groups is 1. The van der Waals surface area contributed by atoms with E-state index < -0.39 is 10.0 Å². The molecule has 1 aromatic carbocycles. The van der Waals surface area contributed by atoms with Gasteiger partial charge in [-0.1, -0.05) is 19.1 Å². The Kier molecular flexibility index (Phi) is 5.49. The number of sulfonamides is 1. The highest BCUT2D eigenvalue weighted by Crippen LogP contribution is 2.26. The molecular weight excluding hydrogens is 270 g/mol. The standard InChI is InChI=1S/C12H19NO3S2/c1-4-10(9-17-3)13(2)18(15,16)12-8-6-5-7-11(12)14/h5-8,10,14H,4,9H2,1-3H3. The lowest BCUT2D eigenvalue weighted by atomic mass is 10.3. The van der Waals surface area contributed by atoms with Gasteiger partial charge >= 0.3 is 0 Å². The molecule has 0 heterocycles. The van der Waals surface area contributed by atoms with Crippen LogP contribution >= 0.6 is 11.8 Å². The van der Waals surface area contributed by atoms with Gasteiger partial charge in [-0.05, 0) is 24.8 Å². The summed E-state index contributed by atoms with van der Waals surface area (Å²) in [4.78, 5) is -0.0351. The van der Waals surface area contributed by atoms with Crippen molar-refractivity contribution >= 4 is 21.8 Å². The average Bonchev–Trinajstić information content (AvgIpc) is 2.35. The number of phenolic OH excluding ortho intramolecular Hbond substituents is 1. The van der Waals surface area contributed by atoms with E-state index in [0.29, 0.717) is 0 Å². The predicted molar refractivity (Wildman–Crippen MR) is 75.5 cm³/mol. The Bertz CT molecular complexity index is 488. The van der Waals surface area contributed by atoms with Gasteiger partial charge < -0.3 is 5.11 Å². The van der Waals surface area contributed by atoms with Crippen molar-refractivity contribution in [3.63, 3.8) is 0 Å². The Hall–Kier alpha value is -0.720. The van der Waals surface area contributed by atoms with E-state index in [1.54, 1.807) is 30.9 Å². The SMILES string of the molecule is CCC(CSC)N(C)S(=O)(=O)c1ccccc1O. The first-order valence-corrected chi connectivity index (χ1v) is 8.53. The summed E-state index contributed by atoms with van der Waals surface area (Å²) in [5, 5.41) is 9.67. The van der Waals surface area contributed by atoms with Crippen molar-refractivity contribution in [3.8, 4) is 5.75 Å². The van der Waals surface area contributed by atoms with Gasteiger partial charge in [0.2, 0.25) is 10.0 Å². The smallest absolute Gasteiger partial charge is 0.246 e. The van der Waals surface area contributed by atoms with Crippen molar-refractivity contribution in [2.75, 3.05) is 19.1 Å². The van der Waals surface area contributed by atoms with Crippen molar-refractivity contribution in [1.29, 1.82) is 0 Å². The van der Waals surface area contributed by atoms with Gasteiger partial charge in [0.1, 0.15) is 10.6 Å². The summed E-state index contributed by atoms with van der Waals surface area (Å²) in [7, 11) is -2.07. The molecule has 0 aromatic heterocycles. The van der Waals surface area contributed by atoms with Gasteiger partial charge in [-0.15, -0.1) is 0 Å². The molecule has 1 rings (SSSR count). The predicted octanol–water partition coefficient (Wildman–Crippen LogP) is 2.15. The maximum Gasteiger partial charge on any atom is 0.246 e. The highest BCUT2D eigenvalue weighted by molar-refractivity contribution is 7.98. The molecule has 1 aromatic rings. The van der Waals surface area contributed by atoms with Gasteiger partial charge in [0.15, 0.2) is 0 Å². The van der Waals surface area contributed by atoms with Crippen LogP contribution in [-0.2, 0) is 10.0 Å². The Morgan fingerprint density at radius 1 is 1.39 bits per heavy atom. The molecule has 1 atom stereocenters. The van der Waals surface area contributed by atoms with Crippen LogP contribution in [0.1, 0.15) is 13.3 Å². The number of benzene rings is 1. The van der Waals surface area contributed by atoms with Crippen LogP contribution < -0.4 is 0 Å². The largest absolute Gasteiger partial charge is 0.507 e. The van der Waals surface area contributed by atoms with E-state index in [-0.39, 0.29) is 16.7 Å². The lowest BCUT2D eigenvalue weighted by Crippen LogP contribution is -2.38. The second-order valence-electron chi connectivity index (χ2n) is 4.01. The van der Waals surface area contributed by atoms with Gasteiger partial charge in [0.25, 0.3) is 0 Å². The van der Waals surface area contributed by atoms with Crippen molar-refractivity contribution in [2.24, 2.45) is 0 Å². The summed E-state index contributed by atoms with van der Waals surface area (Å²) in [6.45, 7) is 1.96. The van der Waals surface area contributed by atoms with Crippen molar-refractivity contribution in [3.05, 3.63) is 24.3 Å². The fourth-order valence-electron chi connectivity index (χ4n) is 1.70. The molecule has 0 radical (unpaired) electrons. The monoisotopic (exact) mass is 289 g/mol. The number of hydrogen-bond donors (Lipinski definition) is 1. The Morgan fingerprint density at radius 3 is 2.50 bits per heavy atom. The second-order valence-corrected chi connectivity index (χ2v) is 6.88. The van der Waals surface area contributed by atoms with Crippen LogP contribution in [0, 0.1) is 0 Å². The van der Waals surface area contributed by atoms with Crippen LogP contribution in [0.3, 0.4) is 0 Å². The van der Waals surface area contributed by atoms with E-state index in [1.165, 1.54) is 16.4 Å². The zero-order valence-electron chi connectivity index (χ0n) is 10.8. The van der Waals surface area contributed by atoms with Crippen LogP contribution in [0.15, 0.2) is 29.2 Å². The molecule has 18 heavy (non-hydrogen) atoms. The number of thioether (sulfide) groups is 1. The summed E-state index contributed by atoms with van der Waals surface area (Å²) in [5.41, 5.74) is 0. The Morgan fingerprint density at radius 2 is 2.00 bits per heavy atom. The van der Waals surface area contributed by atoms with E-state index in [1.807, 2.05) is 13.2 Å². The molecule has 6 heteroatoms. The average molecular weight is 289 g/mol. The quantitative estimate of drug-likeness (QED) is 0.872. The third-order valence-electron chi connectivity index (χ3n) is 2.87. The molecule has 1 N–H and O–H groups in total. The summed E-state index contributed by atoms with van der Waals surface area (Å²) < 4.78 is 26.1. The maximum absolute atomic E-state index is 12.4. The third-order valence-corrected chi connectivity index (χ3v) is 5.54. The molecule has 0 saturated heterocycles. The van der Waals surface area contributed by atoms with E-state index in [4.69, 9.17) is 0 Å². The first kappa shape index (κ1) is 15.3. The summed E-state index contributed by atoms with van der Waals surface area (Å²) in [6, 6.07) is 5.96. The third kappa shape index (κ3) is 3.18. The molecule has 1 unspecified atom stereocenters. The lowest BCUT2D eigenvalue weighted by molar-refractivity contribution is 0.381. The van der Waals surface area contributed by atoms with Crippen LogP contribution in [0.5, 0.6) is 5.75 Å². The van der Waals surface area contributed by atoms with Gasteiger partial charge in [-0.3, -0.25) is 0 Å². The molecule has 0 bridgehead atoms. The molecule has 0 aliphatic rings. The number of rotatable bonds is 6. The zero-order valence-corrected chi connectivity index (χ0v) is 12.5. The minimum Gasteiger partial charge on any atom is -0.507 e. The van der Waals surface area contributed by atoms with Gasteiger partial charge in [-0.2, -0.15) is 16.1 Å². The topological polar surface area (TPSA) is 57.6 Å². The molecule has 0 aliphatic carbocycles. The summed E-state index contributed by atoms with van der Waals surface area (Å²) in [5.74, 6) is 0.531. The number of para-hydroxylation sites is 1. The van der Waals surface area contributed by atoms with E-state index in [2.05, 4.69) is 0 Å². The molecule has 0 fully saturated rings. The summed E-state index contributed by atoms with van der Waals surface area (Å²) >= 11 is 1.61. The van der Waals surface area contributed by atoms with E-state index >= 15 is 0 Å². The number of nitrogens with zero attached hydrogens (tertiary/aromatic N) is 1. The van der Waals surface area contributed by atoms with Crippen LogP contribution in [-0.4, -0.2) is 42.9 Å². The van der Waals surface area contributed by atoms with Crippen LogP contribution in [0.4, 0.5) is 0 Å². The Labute approximate surface area is 113 Å². The van der Waals surface area contributed by atoms with Crippen molar-refractivity contribution in [1.82, 2.24) is 4.31 Å². The summed E-state index contributed by atoms with van der Waals surface area (Å²) in [6.07, 6.45) is 2.69. The molecule has 102 valence electrons. The van der Waals surface area contributed by atoms with Crippen LogP contribution in [0.2, 0.25) is 0 Å². The lowest BCUT2D eigenvalue weighted by Gasteiger charge is -2.26. The van der Waals surface area contributed by atoms with Crippen LogP contribution in [0.25, 0.3) is 0 Å². The number of phenols is 1. The van der Waals surface area contributed by atoms with Crippen molar-refractivity contribution < 1.29 is 13.5 Å². The first-order chi connectivity index (χ1) is 8.45.